The fourth-order valence-corrected chi connectivity index (χ4v) is 5.44. The number of carbonyl (C=O) groups is 1. The summed E-state index contributed by atoms with van der Waals surface area (Å²) in [7, 11) is -2.45. The van der Waals surface area contributed by atoms with E-state index in [2.05, 4.69) is 5.32 Å². The number of anilines is 1. The van der Waals surface area contributed by atoms with Crippen molar-refractivity contribution in [3.63, 3.8) is 0 Å². The number of nitrogens with one attached hydrogen (secondary N) is 1. The second-order valence-corrected chi connectivity index (χ2v) is 10.1. The number of fused-ring (bicyclic) bond motifs is 2. The molecule has 2 aliphatic rings. The normalized spacial score (nSPS) is 15.8. The topological polar surface area (TPSA) is 103 Å². The molecule has 3 aromatic carbocycles. The van der Waals surface area contributed by atoms with E-state index in [9.17, 15) is 13.2 Å². The summed E-state index contributed by atoms with van der Waals surface area (Å²) in [5.74, 6) is 1.25. The lowest BCUT2D eigenvalue weighted by Crippen LogP contribution is -2.40. The smallest absolute Gasteiger partial charge is 0.259 e. The molecule has 0 spiro atoms. The van der Waals surface area contributed by atoms with Gasteiger partial charge >= 0.3 is 0 Å². The molecule has 10 heteroatoms. The number of hydrogen-bond donors (Lipinski definition) is 1. The molecule has 182 valence electrons. The third kappa shape index (κ3) is 4.55. The molecule has 9 nitrogen and oxygen atoms in total. The van der Waals surface area contributed by atoms with Gasteiger partial charge in [0.15, 0.2) is 11.5 Å². The van der Waals surface area contributed by atoms with E-state index in [1.165, 1.54) is 16.4 Å². The maximum Gasteiger partial charge on any atom is 0.259 e. The van der Waals surface area contributed by atoms with E-state index in [-0.39, 0.29) is 48.3 Å². The molecule has 1 N–H and O–H groups in total. The first-order valence-corrected chi connectivity index (χ1v) is 12.5. The van der Waals surface area contributed by atoms with Gasteiger partial charge in [0.2, 0.25) is 10.0 Å². The Hall–Kier alpha value is -3.60. The van der Waals surface area contributed by atoms with E-state index in [1.54, 1.807) is 43.5 Å². The number of rotatable bonds is 5. The third-order valence-electron chi connectivity index (χ3n) is 5.77. The number of morpholine rings is 1. The van der Waals surface area contributed by atoms with E-state index in [0.29, 0.717) is 22.9 Å². The highest BCUT2D eigenvalue weighted by Crippen LogP contribution is 2.42. The van der Waals surface area contributed by atoms with E-state index in [0.717, 1.165) is 5.56 Å². The number of hydrogen-bond acceptors (Lipinski definition) is 7. The molecule has 1 fully saturated rings. The van der Waals surface area contributed by atoms with Crippen LogP contribution in [-0.2, 0) is 14.8 Å². The SMILES string of the molecule is COc1ccc(Oc2cc3c(cc2S(=O)(=O)N2CCOCC2)C(=O)Nc2ccc(C)cc2O3)cc1. The Morgan fingerprint density at radius 1 is 0.943 bits per heavy atom. The van der Waals surface area contributed by atoms with Crippen LogP contribution in [0.4, 0.5) is 5.69 Å². The third-order valence-corrected chi connectivity index (χ3v) is 7.69. The van der Waals surface area contributed by atoms with Gasteiger partial charge in [-0.05, 0) is 55.0 Å². The average Bonchev–Trinajstić information content (AvgIpc) is 2.99. The highest BCUT2D eigenvalue weighted by molar-refractivity contribution is 7.89. The maximum atomic E-state index is 13.6. The van der Waals surface area contributed by atoms with Crippen LogP contribution in [0.3, 0.4) is 0 Å². The molecular formula is C25H24N2O7S. The Labute approximate surface area is 203 Å². The standard InChI is InChI=1S/C25H24N2O7S/c1-16-3-8-20-22(13-16)34-21-15-23(33-18-6-4-17(31-2)5-7-18)24(14-19(21)25(28)26-20)35(29,30)27-9-11-32-12-10-27/h3-8,13-15H,9-12H2,1-2H3,(H,26,28). The van der Waals surface area contributed by atoms with Crippen molar-refractivity contribution in [1.29, 1.82) is 0 Å². The van der Waals surface area contributed by atoms with E-state index in [4.69, 9.17) is 18.9 Å². The Balaban J connectivity index is 1.63. The van der Waals surface area contributed by atoms with Crippen LogP contribution in [0.1, 0.15) is 15.9 Å². The van der Waals surface area contributed by atoms with Crippen molar-refractivity contribution in [3.05, 3.63) is 65.7 Å². The molecule has 0 aliphatic carbocycles. The van der Waals surface area contributed by atoms with E-state index >= 15 is 0 Å². The minimum Gasteiger partial charge on any atom is -0.497 e. The zero-order chi connectivity index (χ0) is 24.6. The highest BCUT2D eigenvalue weighted by atomic mass is 32.2. The van der Waals surface area contributed by atoms with Gasteiger partial charge in [0.05, 0.1) is 31.6 Å². The molecule has 1 saturated heterocycles. The fraction of sp³-hybridized carbons (Fsp3) is 0.240. The Morgan fingerprint density at radius 2 is 1.66 bits per heavy atom. The highest BCUT2D eigenvalue weighted by Gasteiger charge is 2.33. The van der Waals surface area contributed by atoms with Crippen molar-refractivity contribution >= 4 is 21.6 Å². The summed E-state index contributed by atoms with van der Waals surface area (Å²) in [5.41, 5.74) is 1.53. The molecule has 5 rings (SSSR count). The molecule has 1 amide bonds. The average molecular weight is 497 g/mol. The quantitative estimate of drug-likeness (QED) is 0.565. The summed E-state index contributed by atoms with van der Waals surface area (Å²) < 4.78 is 51.2. The van der Waals surface area contributed by atoms with Gasteiger partial charge in [-0.25, -0.2) is 8.42 Å². The second kappa shape index (κ2) is 9.21. The van der Waals surface area contributed by atoms with Gasteiger partial charge in [0.1, 0.15) is 22.1 Å². The van der Waals surface area contributed by atoms with Crippen molar-refractivity contribution in [3.8, 4) is 28.7 Å². The molecule has 0 aromatic heterocycles. The van der Waals surface area contributed by atoms with Gasteiger partial charge < -0.3 is 24.3 Å². The Kier molecular flexibility index (Phi) is 6.10. The van der Waals surface area contributed by atoms with Crippen LogP contribution >= 0.6 is 0 Å². The van der Waals surface area contributed by atoms with Gasteiger partial charge in [-0.1, -0.05) is 6.07 Å². The second-order valence-electron chi connectivity index (χ2n) is 8.14. The number of ether oxygens (including phenoxy) is 4. The number of benzene rings is 3. The zero-order valence-electron chi connectivity index (χ0n) is 19.2. The number of sulfonamides is 1. The minimum absolute atomic E-state index is 0.0457. The molecule has 0 saturated carbocycles. The van der Waals surface area contributed by atoms with Gasteiger partial charge in [-0.2, -0.15) is 4.31 Å². The predicted molar refractivity (Wildman–Crippen MR) is 128 cm³/mol. The van der Waals surface area contributed by atoms with Crippen LogP contribution in [0, 0.1) is 6.92 Å². The molecule has 3 aromatic rings. The van der Waals surface area contributed by atoms with Crippen LogP contribution in [-0.4, -0.2) is 52.0 Å². The molecule has 0 unspecified atom stereocenters. The van der Waals surface area contributed by atoms with Crippen molar-refractivity contribution < 1.29 is 32.2 Å². The summed E-state index contributed by atoms with van der Waals surface area (Å²) >= 11 is 0. The largest absolute Gasteiger partial charge is 0.497 e. The Morgan fingerprint density at radius 3 is 2.37 bits per heavy atom. The number of methoxy groups -OCH3 is 1. The van der Waals surface area contributed by atoms with Crippen LogP contribution in [0.2, 0.25) is 0 Å². The fourth-order valence-electron chi connectivity index (χ4n) is 3.91. The maximum absolute atomic E-state index is 13.6. The van der Waals surface area contributed by atoms with E-state index in [1.807, 2.05) is 13.0 Å². The molecule has 35 heavy (non-hydrogen) atoms. The molecule has 2 aliphatic heterocycles. The minimum atomic E-state index is -4.00. The zero-order valence-corrected chi connectivity index (χ0v) is 20.1. The lowest BCUT2D eigenvalue weighted by Gasteiger charge is -2.27. The van der Waals surface area contributed by atoms with Crippen molar-refractivity contribution in [2.45, 2.75) is 11.8 Å². The van der Waals surface area contributed by atoms with Gasteiger partial charge in [0, 0.05) is 19.2 Å². The summed E-state index contributed by atoms with van der Waals surface area (Å²) in [5, 5.41) is 2.80. The van der Waals surface area contributed by atoms with Gasteiger partial charge in [0.25, 0.3) is 5.91 Å². The molecule has 0 atom stereocenters. The molecule has 0 radical (unpaired) electrons. The predicted octanol–water partition coefficient (Wildman–Crippen LogP) is 4.17. The van der Waals surface area contributed by atoms with Crippen LogP contribution < -0.4 is 19.5 Å². The summed E-state index contributed by atoms with van der Waals surface area (Å²) in [6.07, 6.45) is 0. The first kappa shape index (κ1) is 23.2. The first-order valence-electron chi connectivity index (χ1n) is 11.0. The van der Waals surface area contributed by atoms with Crippen molar-refractivity contribution in [2.75, 3.05) is 38.7 Å². The lowest BCUT2D eigenvalue weighted by molar-refractivity contribution is 0.0729. The summed E-state index contributed by atoms with van der Waals surface area (Å²) in [6, 6.07) is 14.9. The number of nitrogens with zero attached hydrogens (tertiary/aromatic N) is 1. The van der Waals surface area contributed by atoms with Crippen molar-refractivity contribution in [1.82, 2.24) is 4.31 Å². The van der Waals surface area contributed by atoms with Crippen molar-refractivity contribution in [2.24, 2.45) is 0 Å². The molecule has 0 bridgehead atoms. The van der Waals surface area contributed by atoms with Crippen LogP contribution in [0.5, 0.6) is 28.7 Å². The number of aryl methyl sites for hydroxylation is 1. The lowest BCUT2D eigenvalue weighted by atomic mass is 10.1. The van der Waals surface area contributed by atoms with Crippen LogP contribution in [0.25, 0.3) is 0 Å². The van der Waals surface area contributed by atoms with Gasteiger partial charge in [-0.3, -0.25) is 4.79 Å². The first-order chi connectivity index (χ1) is 16.8. The summed E-state index contributed by atoms with van der Waals surface area (Å²) in [4.78, 5) is 12.9. The number of carbonyl (C=O) groups excluding carboxylic acids is 1. The van der Waals surface area contributed by atoms with Gasteiger partial charge in [-0.15, -0.1) is 0 Å². The molecule has 2 heterocycles. The molecular weight excluding hydrogens is 472 g/mol. The van der Waals surface area contributed by atoms with E-state index < -0.39 is 15.9 Å². The monoisotopic (exact) mass is 496 g/mol. The van der Waals surface area contributed by atoms with Crippen LogP contribution in [0.15, 0.2) is 59.5 Å². The Bertz CT molecular complexity index is 1380. The summed E-state index contributed by atoms with van der Waals surface area (Å²) in [6.45, 7) is 2.89. The number of amides is 1.